The van der Waals surface area contributed by atoms with Crippen molar-refractivity contribution in [3.8, 4) is 0 Å². The Kier molecular flexibility index (Phi) is 2.87. The van der Waals surface area contributed by atoms with E-state index in [0.29, 0.717) is 21.7 Å². The van der Waals surface area contributed by atoms with Gasteiger partial charge in [0.05, 0.1) is 0 Å². The van der Waals surface area contributed by atoms with E-state index in [4.69, 9.17) is 0 Å². The molecule has 0 amide bonds. The van der Waals surface area contributed by atoms with Gasteiger partial charge in [-0.3, -0.25) is 0 Å². The largest absolute Gasteiger partial charge is 0.0676 e. The van der Waals surface area contributed by atoms with Gasteiger partial charge in [0.25, 0.3) is 0 Å². The summed E-state index contributed by atoms with van der Waals surface area (Å²) in [4.78, 5) is 0. The summed E-state index contributed by atoms with van der Waals surface area (Å²) in [6.07, 6.45) is 5.62. The smallest absolute Gasteiger partial charge is 0.00854 e. The summed E-state index contributed by atoms with van der Waals surface area (Å²) in [7, 11) is 0. The topological polar surface area (TPSA) is 0 Å². The van der Waals surface area contributed by atoms with E-state index in [2.05, 4.69) is 55.4 Å². The van der Waals surface area contributed by atoms with Crippen molar-refractivity contribution in [2.75, 3.05) is 0 Å². The summed E-state index contributed by atoms with van der Waals surface area (Å²) in [5, 5.41) is 0. The Bertz CT molecular complexity index is 358. The summed E-state index contributed by atoms with van der Waals surface area (Å²) in [6.45, 7) is 19.9. The second kappa shape index (κ2) is 3.64. The van der Waals surface area contributed by atoms with Crippen LogP contribution in [0.25, 0.3) is 0 Å². The molecule has 0 aromatic heterocycles. The summed E-state index contributed by atoms with van der Waals surface area (Å²) < 4.78 is 0. The van der Waals surface area contributed by atoms with Gasteiger partial charge in [-0.05, 0) is 48.3 Å². The summed E-state index contributed by atoms with van der Waals surface area (Å²) >= 11 is 0. The van der Waals surface area contributed by atoms with Gasteiger partial charge in [-0.1, -0.05) is 65.5 Å². The molecule has 18 heavy (non-hydrogen) atoms. The fourth-order valence-corrected chi connectivity index (χ4v) is 5.28. The minimum Gasteiger partial charge on any atom is -0.0676 e. The average molecular weight is 248 g/mol. The predicted octanol–water partition coefficient (Wildman–Crippen LogP) is 5.98. The number of allylic oxidation sites excluding steroid dienone is 2. The highest BCUT2D eigenvalue weighted by molar-refractivity contribution is 5.35. The SMILES string of the molecule is CC1=C(C)C(C)(C)C2(C)CCCCC2(C)C1(C)C. The molecule has 104 valence electrons. The second-order valence-electron chi connectivity index (χ2n) is 8.37. The lowest BCUT2D eigenvalue weighted by molar-refractivity contribution is -0.137. The molecule has 1 saturated carbocycles. The fraction of sp³-hybridized carbons (Fsp3) is 0.889. The van der Waals surface area contributed by atoms with E-state index in [9.17, 15) is 0 Å². The van der Waals surface area contributed by atoms with Gasteiger partial charge >= 0.3 is 0 Å². The zero-order valence-corrected chi connectivity index (χ0v) is 13.8. The summed E-state index contributed by atoms with van der Waals surface area (Å²) in [5.41, 5.74) is 4.84. The number of fused-ring (bicyclic) bond motifs is 1. The molecule has 2 rings (SSSR count). The normalized spacial score (nSPS) is 42.7. The van der Waals surface area contributed by atoms with Crippen LogP contribution in [0.1, 0.15) is 81.1 Å². The lowest BCUT2D eigenvalue weighted by Gasteiger charge is -2.68. The first-order valence-corrected chi connectivity index (χ1v) is 7.71. The quantitative estimate of drug-likeness (QED) is 0.463. The predicted molar refractivity (Wildman–Crippen MR) is 80.6 cm³/mol. The Morgan fingerprint density at radius 2 is 0.889 bits per heavy atom. The van der Waals surface area contributed by atoms with E-state index in [1.807, 2.05) is 0 Å². The van der Waals surface area contributed by atoms with Crippen LogP contribution in [0, 0.1) is 21.7 Å². The molecule has 0 radical (unpaired) electrons. The van der Waals surface area contributed by atoms with Crippen molar-refractivity contribution in [3.05, 3.63) is 11.1 Å². The molecule has 2 aliphatic carbocycles. The molecule has 0 bridgehead atoms. The van der Waals surface area contributed by atoms with Crippen LogP contribution in [0.3, 0.4) is 0 Å². The Morgan fingerprint density at radius 1 is 0.611 bits per heavy atom. The van der Waals surface area contributed by atoms with E-state index in [1.165, 1.54) is 25.7 Å². The van der Waals surface area contributed by atoms with Crippen molar-refractivity contribution < 1.29 is 0 Å². The first-order valence-electron chi connectivity index (χ1n) is 7.71. The number of hydrogen-bond acceptors (Lipinski definition) is 0. The van der Waals surface area contributed by atoms with E-state index >= 15 is 0 Å². The van der Waals surface area contributed by atoms with Gasteiger partial charge in [0.15, 0.2) is 0 Å². The van der Waals surface area contributed by atoms with Gasteiger partial charge in [-0.15, -0.1) is 0 Å². The molecule has 0 N–H and O–H groups in total. The molecule has 2 atom stereocenters. The van der Waals surface area contributed by atoms with Gasteiger partial charge in [-0.2, -0.15) is 0 Å². The molecule has 0 spiro atoms. The number of hydrogen-bond donors (Lipinski definition) is 0. The molecule has 0 aromatic carbocycles. The van der Waals surface area contributed by atoms with Crippen LogP contribution in [-0.4, -0.2) is 0 Å². The third kappa shape index (κ3) is 1.28. The molecule has 0 aromatic rings. The second-order valence-corrected chi connectivity index (χ2v) is 8.37. The van der Waals surface area contributed by atoms with Crippen LogP contribution in [0.4, 0.5) is 0 Å². The standard InChI is InChI=1S/C18H32/c1-13-14(2)16(5,6)18(8)12-10-9-11-17(18,7)15(13,3)4/h9-12H2,1-8H3. The van der Waals surface area contributed by atoms with Crippen LogP contribution in [0.2, 0.25) is 0 Å². The number of rotatable bonds is 0. The van der Waals surface area contributed by atoms with Crippen LogP contribution in [0.15, 0.2) is 11.1 Å². The maximum Gasteiger partial charge on any atom is -0.00854 e. The Morgan fingerprint density at radius 3 is 1.17 bits per heavy atom. The molecule has 0 aliphatic heterocycles. The molecule has 1 fully saturated rings. The fourth-order valence-electron chi connectivity index (χ4n) is 5.28. The highest BCUT2D eigenvalue weighted by Gasteiger charge is 2.64. The van der Waals surface area contributed by atoms with Crippen LogP contribution < -0.4 is 0 Å². The molecule has 0 nitrogen and oxygen atoms in total. The lowest BCUT2D eigenvalue weighted by Crippen LogP contribution is -2.60. The van der Waals surface area contributed by atoms with Crippen LogP contribution in [-0.2, 0) is 0 Å². The van der Waals surface area contributed by atoms with Gasteiger partial charge < -0.3 is 0 Å². The lowest BCUT2D eigenvalue weighted by atomic mass is 9.36. The Hall–Kier alpha value is -0.260. The molecular weight excluding hydrogens is 216 g/mol. The van der Waals surface area contributed by atoms with Gasteiger partial charge in [-0.25, -0.2) is 0 Å². The molecular formula is C18H32. The first-order chi connectivity index (χ1) is 8.02. The molecule has 0 saturated heterocycles. The molecule has 0 heteroatoms. The van der Waals surface area contributed by atoms with Crippen molar-refractivity contribution in [1.82, 2.24) is 0 Å². The minimum absolute atomic E-state index is 0.335. The third-order valence-electron chi connectivity index (χ3n) is 8.02. The average Bonchev–Trinajstić information content (AvgIpc) is 2.29. The van der Waals surface area contributed by atoms with Crippen molar-refractivity contribution in [2.45, 2.75) is 81.1 Å². The highest BCUT2D eigenvalue weighted by Crippen LogP contribution is 2.72. The van der Waals surface area contributed by atoms with E-state index in [-0.39, 0.29) is 0 Å². The summed E-state index contributed by atoms with van der Waals surface area (Å²) in [5.74, 6) is 0. The minimum atomic E-state index is 0.335. The maximum absolute atomic E-state index is 2.57. The van der Waals surface area contributed by atoms with E-state index in [1.54, 1.807) is 11.1 Å². The molecule has 0 heterocycles. The monoisotopic (exact) mass is 248 g/mol. The van der Waals surface area contributed by atoms with E-state index in [0.717, 1.165) is 0 Å². The van der Waals surface area contributed by atoms with Crippen molar-refractivity contribution >= 4 is 0 Å². The van der Waals surface area contributed by atoms with Gasteiger partial charge in [0.1, 0.15) is 0 Å². The van der Waals surface area contributed by atoms with Crippen LogP contribution in [0.5, 0.6) is 0 Å². The summed E-state index contributed by atoms with van der Waals surface area (Å²) in [6, 6.07) is 0. The van der Waals surface area contributed by atoms with Crippen LogP contribution >= 0.6 is 0 Å². The zero-order chi connectivity index (χ0) is 14.0. The Labute approximate surface area is 114 Å². The third-order valence-corrected chi connectivity index (χ3v) is 8.02. The zero-order valence-electron chi connectivity index (χ0n) is 13.8. The van der Waals surface area contributed by atoms with E-state index < -0.39 is 0 Å². The highest BCUT2D eigenvalue weighted by atomic mass is 14.7. The first kappa shape index (κ1) is 14.2. The van der Waals surface area contributed by atoms with Crippen molar-refractivity contribution in [3.63, 3.8) is 0 Å². The van der Waals surface area contributed by atoms with Crippen molar-refractivity contribution in [2.24, 2.45) is 21.7 Å². The maximum atomic E-state index is 2.57. The van der Waals surface area contributed by atoms with Gasteiger partial charge in [0, 0.05) is 0 Å². The van der Waals surface area contributed by atoms with Crippen molar-refractivity contribution in [1.29, 1.82) is 0 Å². The Balaban J connectivity index is 2.75. The molecule has 2 unspecified atom stereocenters. The molecule has 2 aliphatic rings. The van der Waals surface area contributed by atoms with Gasteiger partial charge in [0.2, 0.25) is 0 Å².